The van der Waals surface area contributed by atoms with Crippen LogP contribution >= 0.6 is 11.6 Å². The fourth-order valence-corrected chi connectivity index (χ4v) is 3.51. The number of benzene rings is 2. The van der Waals surface area contributed by atoms with Gasteiger partial charge in [0.1, 0.15) is 0 Å². The number of aryl methyl sites for hydroxylation is 2. The SMILES string of the molecule is C=CCN(Cc1cccn1Cc1cccc(Cl)c1)C(=O)Nc1ccc(C)cc1C. The van der Waals surface area contributed by atoms with Crippen molar-refractivity contribution in [1.29, 1.82) is 0 Å². The molecule has 4 nitrogen and oxygen atoms in total. The van der Waals surface area contributed by atoms with Gasteiger partial charge >= 0.3 is 6.03 Å². The summed E-state index contributed by atoms with van der Waals surface area (Å²) >= 11 is 6.11. The fourth-order valence-electron chi connectivity index (χ4n) is 3.30. The predicted molar refractivity (Wildman–Crippen MR) is 121 cm³/mol. The number of anilines is 1. The van der Waals surface area contributed by atoms with E-state index >= 15 is 0 Å². The lowest BCUT2D eigenvalue weighted by molar-refractivity contribution is 0.214. The molecule has 3 aromatic rings. The van der Waals surface area contributed by atoms with Crippen LogP contribution in [0, 0.1) is 13.8 Å². The van der Waals surface area contributed by atoms with Crippen molar-refractivity contribution in [3.05, 3.63) is 101 Å². The minimum absolute atomic E-state index is 0.146. The van der Waals surface area contributed by atoms with E-state index in [2.05, 4.69) is 22.5 Å². The van der Waals surface area contributed by atoms with Gasteiger partial charge in [-0.05, 0) is 55.3 Å². The summed E-state index contributed by atoms with van der Waals surface area (Å²) in [6, 6.07) is 17.7. The van der Waals surface area contributed by atoms with Crippen LogP contribution in [0.3, 0.4) is 0 Å². The molecule has 0 saturated carbocycles. The quantitative estimate of drug-likeness (QED) is 0.477. The van der Waals surface area contributed by atoms with E-state index in [9.17, 15) is 4.79 Å². The standard InChI is InChI=1S/C24H26ClN3O/c1-4-12-28(24(29)26-23-11-10-18(2)14-19(23)3)17-22-9-6-13-27(22)16-20-7-5-8-21(25)15-20/h4-11,13-15H,1,12,16-17H2,2-3H3,(H,26,29). The van der Waals surface area contributed by atoms with Crippen LogP contribution in [-0.2, 0) is 13.1 Å². The van der Waals surface area contributed by atoms with Crippen LogP contribution in [0.25, 0.3) is 0 Å². The maximum absolute atomic E-state index is 12.9. The lowest BCUT2D eigenvalue weighted by Gasteiger charge is -2.23. The Morgan fingerprint density at radius 2 is 2.00 bits per heavy atom. The van der Waals surface area contributed by atoms with Crippen molar-refractivity contribution in [3.63, 3.8) is 0 Å². The van der Waals surface area contributed by atoms with Crippen molar-refractivity contribution < 1.29 is 4.79 Å². The number of hydrogen-bond acceptors (Lipinski definition) is 1. The van der Waals surface area contributed by atoms with E-state index in [4.69, 9.17) is 11.6 Å². The first-order valence-electron chi connectivity index (χ1n) is 9.59. The number of nitrogens with zero attached hydrogens (tertiary/aromatic N) is 2. The summed E-state index contributed by atoms with van der Waals surface area (Å²) in [7, 11) is 0. The van der Waals surface area contributed by atoms with Crippen molar-refractivity contribution in [3.8, 4) is 0 Å². The zero-order chi connectivity index (χ0) is 20.8. The molecule has 1 heterocycles. The molecule has 0 aliphatic carbocycles. The molecule has 0 aliphatic heterocycles. The van der Waals surface area contributed by atoms with Crippen LogP contribution in [0.4, 0.5) is 10.5 Å². The molecule has 2 aromatic carbocycles. The summed E-state index contributed by atoms with van der Waals surface area (Å²) in [6.45, 7) is 9.48. The molecule has 0 bridgehead atoms. The van der Waals surface area contributed by atoms with Gasteiger partial charge in [0.25, 0.3) is 0 Å². The summed E-state index contributed by atoms with van der Waals surface area (Å²) in [5.74, 6) is 0. The van der Waals surface area contributed by atoms with E-state index in [-0.39, 0.29) is 6.03 Å². The molecule has 0 fully saturated rings. The van der Waals surface area contributed by atoms with E-state index in [1.54, 1.807) is 11.0 Å². The highest BCUT2D eigenvalue weighted by Crippen LogP contribution is 2.18. The average Bonchev–Trinajstić information content (AvgIpc) is 3.10. The van der Waals surface area contributed by atoms with Gasteiger partial charge in [0.15, 0.2) is 0 Å². The van der Waals surface area contributed by atoms with Crippen molar-refractivity contribution in [2.24, 2.45) is 0 Å². The highest BCUT2D eigenvalue weighted by molar-refractivity contribution is 6.30. The molecular formula is C24H26ClN3O. The number of amides is 2. The molecule has 29 heavy (non-hydrogen) atoms. The lowest BCUT2D eigenvalue weighted by atomic mass is 10.1. The Labute approximate surface area is 177 Å². The summed E-state index contributed by atoms with van der Waals surface area (Å²) in [4.78, 5) is 14.7. The van der Waals surface area contributed by atoms with Gasteiger partial charge in [0.2, 0.25) is 0 Å². The highest BCUT2D eigenvalue weighted by Gasteiger charge is 2.16. The molecule has 3 rings (SSSR count). The molecule has 0 atom stereocenters. The number of carbonyl (C=O) groups excluding carboxylic acids is 1. The number of urea groups is 1. The number of nitrogens with one attached hydrogen (secondary N) is 1. The third-order valence-electron chi connectivity index (χ3n) is 4.78. The van der Waals surface area contributed by atoms with Gasteiger partial charge in [-0.15, -0.1) is 6.58 Å². The largest absolute Gasteiger partial charge is 0.345 e. The van der Waals surface area contributed by atoms with Crippen LogP contribution in [0.1, 0.15) is 22.4 Å². The number of rotatable bonds is 7. The van der Waals surface area contributed by atoms with E-state index < -0.39 is 0 Å². The maximum atomic E-state index is 12.9. The topological polar surface area (TPSA) is 37.3 Å². The second-order valence-electron chi connectivity index (χ2n) is 7.18. The molecule has 0 aliphatic rings. The average molecular weight is 408 g/mol. The summed E-state index contributed by atoms with van der Waals surface area (Å²) in [6.07, 6.45) is 3.76. The molecule has 0 unspecified atom stereocenters. The zero-order valence-electron chi connectivity index (χ0n) is 16.9. The second kappa shape index (κ2) is 9.48. The first-order valence-corrected chi connectivity index (χ1v) is 9.96. The fraction of sp³-hybridized carbons (Fsp3) is 0.208. The number of hydrogen-bond donors (Lipinski definition) is 1. The first kappa shape index (κ1) is 20.7. The Morgan fingerprint density at radius 1 is 1.17 bits per heavy atom. The van der Waals surface area contributed by atoms with Crippen LogP contribution in [0.5, 0.6) is 0 Å². The molecule has 1 N–H and O–H groups in total. The molecule has 0 saturated heterocycles. The smallest absolute Gasteiger partial charge is 0.322 e. The van der Waals surface area contributed by atoms with E-state index in [1.807, 2.05) is 68.6 Å². The molecular weight excluding hydrogens is 382 g/mol. The van der Waals surface area contributed by atoms with E-state index in [0.717, 1.165) is 27.5 Å². The number of halogens is 1. The van der Waals surface area contributed by atoms with Gasteiger partial charge in [0, 0.05) is 35.7 Å². The molecule has 1 aromatic heterocycles. The summed E-state index contributed by atoms with van der Waals surface area (Å²) < 4.78 is 2.13. The Kier molecular flexibility index (Phi) is 6.78. The summed E-state index contributed by atoms with van der Waals surface area (Å²) in [5.41, 5.74) is 5.19. The predicted octanol–water partition coefficient (Wildman–Crippen LogP) is 6.03. The van der Waals surface area contributed by atoms with Gasteiger partial charge in [-0.25, -0.2) is 4.79 Å². The zero-order valence-corrected chi connectivity index (χ0v) is 17.6. The van der Waals surface area contributed by atoms with E-state index in [1.165, 1.54) is 5.56 Å². The minimum atomic E-state index is -0.146. The van der Waals surface area contributed by atoms with Crippen LogP contribution in [0.2, 0.25) is 5.02 Å². The third kappa shape index (κ3) is 5.52. The lowest BCUT2D eigenvalue weighted by Crippen LogP contribution is -2.35. The van der Waals surface area contributed by atoms with Gasteiger partial charge < -0.3 is 14.8 Å². The van der Waals surface area contributed by atoms with Crippen LogP contribution in [0.15, 0.2) is 73.4 Å². The number of aromatic nitrogens is 1. The second-order valence-corrected chi connectivity index (χ2v) is 7.61. The molecule has 0 radical (unpaired) electrons. The van der Waals surface area contributed by atoms with Gasteiger partial charge in [-0.3, -0.25) is 0 Å². The molecule has 0 spiro atoms. The Balaban J connectivity index is 1.74. The van der Waals surface area contributed by atoms with Crippen LogP contribution in [-0.4, -0.2) is 22.0 Å². The van der Waals surface area contributed by atoms with Crippen molar-refractivity contribution in [2.75, 3.05) is 11.9 Å². The van der Waals surface area contributed by atoms with Crippen molar-refractivity contribution in [1.82, 2.24) is 9.47 Å². The van der Waals surface area contributed by atoms with Gasteiger partial charge in [-0.2, -0.15) is 0 Å². The maximum Gasteiger partial charge on any atom is 0.322 e. The highest BCUT2D eigenvalue weighted by atomic mass is 35.5. The Bertz CT molecular complexity index is 1010. The number of carbonyl (C=O) groups is 1. The Hall–Kier alpha value is -2.98. The first-order chi connectivity index (χ1) is 14.0. The third-order valence-corrected chi connectivity index (χ3v) is 5.01. The normalized spacial score (nSPS) is 10.6. The van der Waals surface area contributed by atoms with E-state index in [0.29, 0.717) is 19.6 Å². The summed E-state index contributed by atoms with van der Waals surface area (Å²) in [5, 5.41) is 3.74. The van der Waals surface area contributed by atoms with Crippen molar-refractivity contribution in [2.45, 2.75) is 26.9 Å². The van der Waals surface area contributed by atoms with Crippen molar-refractivity contribution >= 4 is 23.3 Å². The minimum Gasteiger partial charge on any atom is -0.345 e. The monoisotopic (exact) mass is 407 g/mol. The molecule has 2 amide bonds. The van der Waals surface area contributed by atoms with Gasteiger partial charge in [0.05, 0.1) is 6.54 Å². The Morgan fingerprint density at radius 3 is 2.72 bits per heavy atom. The van der Waals surface area contributed by atoms with Gasteiger partial charge in [-0.1, -0.05) is 47.5 Å². The molecule has 5 heteroatoms. The molecule has 150 valence electrons. The van der Waals surface area contributed by atoms with Crippen LogP contribution < -0.4 is 5.32 Å².